The molecule has 2 aromatic heterocycles. The quantitative estimate of drug-likeness (QED) is 0.568. The van der Waals surface area contributed by atoms with Crippen molar-refractivity contribution in [3.05, 3.63) is 51.0 Å². The topological polar surface area (TPSA) is 75.6 Å². The molecule has 4 rings (SSSR count). The van der Waals surface area contributed by atoms with Crippen LogP contribution in [-0.4, -0.2) is 32.2 Å². The maximum Gasteiger partial charge on any atom is 0.226 e. The van der Waals surface area contributed by atoms with Crippen LogP contribution < -0.4 is 5.32 Å². The van der Waals surface area contributed by atoms with Gasteiger partial charge in [-0.1, -0.05) is 29.8 Å². The van der Waals surface area contributed by atoms with Gasteiger partial charge < -0.3 is 9.88 Å². The van der Waals surface area contributed by atoms with E-state index in [9.17, 15) is 4.79 Å². The SMILES string of the molecule is O=C(Cc1csc(-c2ccccc2Cl)n1)NCCc1n[nH]c(=S)n1C1CC1. The van der Waals surface area contributed by atoms with Gasteiger partial charge in [0, 0.05) is 30.0 Å². The van der Waals surface area contributed by atoms with Crippen molar-refractivity contribution in [2.75, 3.05) is 6.54 Å². The Kier molecular flexibility index (Phi) is 5.38. The van der Waals surface area contributed by atoms with Gasteiger partial charge >= 0.3 is 0 Å². The number of hydrogen-bond acceptors (Lipinski definition) is 5. The number of carbonyl (C=O) groups excluding carboxylic acids is 1. The molecule has 1 aromatic carbocycles. The molecule has 0 atom stereocenters. The number of rotatable bonds is 7. The first-order valence-electron chi connectivity index (χ1n) is 8.73. The molecule has 1 saturated carbocycles. The second-order valence-corrected chi connectivity index (χ2v) is 8.10. The van der Waals surface area contributed by atoms with Crippen LogP contribution in [0.15, 0.2) is 29.6 Å². The summed E-state index contributed by atoms with van der Waals surface area (Å²) < 4.78 is 2.73. The van der Waals surface area contributed by atoms with E-state index in [1.165, 1.54) is 11.3 Å². The van der Waals surface area contributed by atoms with Crippen molar-refractivity contribution >= 4 is 41.1 Å². The molecule has 0 spiro atoms. The van der Waals surface area contributed by atoms with Crippen LogP contribution in [0.1, 0.15) is 30.4 Å². The van der Waals surface area contributed by atoms with Crippen LogP contribution in [0.3, 0.4) is 0 Å². The first-order chi connectivity index (χ1) is 13.1. The second kappa shape index (κ2) is 7.92. The highest BCUT2D eigenvalue weighted by Crippen LogP contribution is 2.35. The van der Waals surface area contributed by atoms with Crippen LogP contribution in [0.25, 0.3) is 10.6 Å². The van der Waals surface area contributed by atoms with E-state index in [0.717, 1.165) is 34.9 Å². The number of aromatic amines is 1. The fourth-order valence-electron chi connectivity index (χ4n) is 2.91. The average molecular weight is 420 g/mol. The van der Waals surface area contributed by atoms with E-state index in [4.69, 9.17) is 23.8 Å². The van der Waals surface area contributed by atoms with Crippen molar-refractivity contribution in [3.8, 4) is 10.6 Å². The number of amides is 1. The fourth-order valence-corrected chi connectivity index (χ4v) is 4.35. The normalized spacial score (nSPS) is 13.7. The van der Waals surface area contributed by atoms with Crippen molar-refractivity contribution in [3.63, 3.8) is 0 Å². The Morgan fingerprint density at radius 1 is 1.41 bits per heavy atom. The summed E-state index contributed by atoms with van der Waals surface area (Å²) in [7, 11) is 0. The van der Waals surface area contributed by atoms with Gasteiger partial charge in [-0.05, 0) is 31.1 Å². The molecule has 9 heteroatoms. The van der Waals surface area contributed by atoms with E-state index in [1.54, 1.807) is 0 Å². The third-order valence-corrected chi connectivity index (χ3v) is 5.90. The standard InChI is InChI=1S/C18H18ClN5OS2/c19-14-4-2-1-3-13(14)17-21-11(10-27-17)9-16(25)20-8-7-15-22-23-18(26)24(15)12-5-6-12/h1-4,10,12H,5-9H2,(H,20,25)(H,23,26). The fraction of sp³-hybridized carbons (Fsp3) is 0.333. The molecule has 27 heavy (non-hydrogen) atoms. The largest absolute Gasteiger partial charge is 0.355 e. The molecule has 0 aliphatic heterocycles. The number of carbonyl (C=O) groups is 1. The Labute approximate surface area is 170 Å². The lowest BCUT2D eigenvalue weighted by Crippen LogP contribution is -2.28. The zero-order valence-corrected chi connectivity index (χ0v) is 16.8. The Hall–Kier alpha value is -2.03. The Bertz CT molecular complexity index is 1020. The first-order valence-corrected chi connectivity index (χ1v) is 10.4. The molecule has 1 fully saturated rings. The summed E-state index contributed by atoms with van der Waals surface area (Å²) in [5.74, 6) is 0.843. The van der Waals surface area contributed by atoms with Crippen molar-refractivity contribution < 1.29 is 4.79 Å². The lowest BCUT2D eigenvalue weighted by molar-refractivity contribution is -0.120. The van der Waals surface area contributed by atoms with Gasteiger partial charge in [-0.25, -0.2) is 4.98 Å². The molecule has 0 saturated heterocycles. The number of benzene rings is 1. The summed E-state index contributed by atoms with van der Waals surface area (Å²) in [6.45, 7) is 0.521. The van der Waals surface area contributed by atoms with E-state index in [2.05, 4.69) is 25.1 Å². The molecule has 0 bridgehead atoms. The molecular formula is C18H18ClN5OS2. The molecule has 0 unspecified atom stereocenters. The van der Waals surface area contributed by atoms with Crippen molar-refractivity contribution in [2.45, 2.75) is 31.7 Å². The van der Waals surface area contributed by atoms with Crippen molar-refractivity contribution in [2.24, 2.45) is 0 Å². The summed E-state index contributed by atoms with van der Waals surface area (Å²) in [5, 5.41) is 13.4. The molecule has 2 heterocycles. The summed E-state index contributed by atoms with van der Waals surface area (Å²) in [5.41, 5.74) is 1.63. The summed E-state index contributed by atoms with van der Waals surface area (Å²) >= 11 is 13.0. The van der Waals surface area contributed by atoms with Crippen molar-refractivity contribution in [1.29, 1.82) is 0 Å². The van der Waals surface area contributed by atoms with E-state index in [1.807, 2.05) is 29.6 Å². The van der Waals surface area contributed by atoms with Crippen molar-refractivity contribution in [1.82, 2.24) is 25.1 Å². The molecule has 3 aromatic rings. The number of nitrogens with zero attached hydrogens (tertiary/aromatic N) is 3. The maximum absolute atomic E-state index is 12.2. The lowest BCUT2D eigenvalue weighted by Gasteiger charge is -2.06. The van der Waals surface area contributed by atoms with Gasteiger partial charge in [0.15, 0.2) is 4.77 Å². The van der Waals surface area contributed by atoms with Crippen LogP contribution in [0.4, 0.5) is 0 Å². The monoisotopic (exact) mass is 419 g/mol. The lowest BCUT2D eigenvalue weighted by atomic mass is 10.2. The van der Waals surface area contributed by atoms with E-state index in [0.29, 0.717) is 28.8 Å². The van der Waals surface area contributed by atoms with Gasteiger partial charge in [-0.3, -0.25) is 9.89 Å². The Morgan fingerprint density at radius 2 is 2.22 bits per heavy atom. The Morgan fingerprint density at radius 3 is 3.00 bits per heavy atom. The van der Waals surface area contributed by atoms with Crippen LogP contribution in [0, 0.1) is 4.77 Å². The predicted molar refractivity (Wildman–Crippen MR) is 109 cm³/mol. The molecule has 1 aliphatic carbocycles. The molecule has 1 aliphatic rings. The van der Waals surface area contributed by atoms with E-state index >= 15 is 0 Å². The van der Waals surface area contributed by atoms with Crippen LogP contribution in [0.5, 0.6) is 0 Å². The number of aromatic nitrogens is 4. The van der Waals surface area contributed by atoms with E-state index < -0.39 is 0 Å². The van der Waals surface area contributed by atoms with Gasteiger partial charge in [0.05, 0.1) is 17.1 Å². The number of halogens is 1. The van der Waals surface area contributed by atoms with Crippen LogP contribution in [-0.2, 0) is 17.6 Å². The number of hydrogen-bond donors (Lipinski definition) is 2. The first kappa shape index (κ1) is 18.3. The second-order valence-electron chi connectivity index (χ2n) is 6.45. The third-order valence-electron chi connectivity index (χ3n) is 4.36. The van der Waals surface area contributed by atoms with Gasteiger partial charge in [0.25, 0.3) is 0 Å². The minimum Gasteiger partial charge on any atom is -0.355 e. The van der Waals surface area contributed by atoms with E-state index in [-0.39, 0.29) is 12.3 Å². The molecule has 1 amide bonds. The zero-order chi connectivity index (χ0) is 18.8. The summed E-state index contributed by atoms with van der Waals surface area (Å²) in [6.07, 6.45) is 3.18. The number of nitrogens with one attached hydrogen (secondary N) is 2. The maximum atomic E-state index is 12.2. The smallest absolute Gasteiger partial charge is 0.226 e. The average Bonchev–Trinajstić information content (AvgIpc) is 3.27. The molecule has 0 radical (unpaired) electrons. The van der Waals surface area contributed by atoms with Gasteiger partial charge in [0.2, 0.25) is 5.91 Å². The minimum atomic E-state index is -0.0573. The molecule has 6 nitrogen and oxygen atoms in total. The molecule has 140 valence electrons. The molecular weight excluding hydrogens is 402 g/mol. The van der Waals surface area contributed by atoms with Gasteiger partial charge in [-0.15, -0.1) is 11.3 Å². The van der Waals surface area contributed by atoms with Gasteiger partial charge in [0.1, 0.15) is 10.8 Å². The summed E-state index contributed by atoms with van der Waals surface area (Å²) in [6, 6.07) is 8.04. The minimum absolute atomic E-state index is 0.0573. The Balaban J connectivity index is 1.31. The highest BCUT2D eigenvalue weighted by Gasteiger charge is 2.27. The zero-order valence-electron chi connectivity index (χ0n) is 14.4. The highest BCUT2D eigenvalue weighted by molar-refractivity contribution is 7.71. The summed E-state index contributed by atoms with van der Waals surface area (Å²) in [4.78, 5) is 16.8. The van der Waals surface area contributed by atoms with Crippen LogP contribution in [0.2, 0.25) is 5.02 Å². The predicted octanol–water partition coefficient (Wildman–Crippen LogP) is 3.95. The van der Waals surface area contributed by atoms with Gasteiger partial charge in [-0.2, -0.15) is 5.10 Å². The number of thiazole rings is 1. The molecule has 2 N–H and O–H groups in total. The third kappa shape index (κ3) is 4.28. The number of H-pyrrole nitrogens is 1. The highest BCUT2D eigenvalue weighted by atomic mass is 35.5. The van der Waals surface area contributed by atoms with Crippen LogP contribution >= 0.6 is 35.2 Å².